The molecule has 1 unspecified atom stereocenters. The standard InChI is InChI=1S/C11H26N4O3S.HI/c1-5-12-11(15-10(2)9-18-3)13-7-6-8-14-19(4,16)17;/h10,14H,5-9H2,1-4H3,(H2,12,13,15);1H. The van der Waals surface area contributed by atoms with Crippen LogP contribution in [0.2, 0.25) is 0 Å². The Morgan fingerprint density at radius 1 is 1.40 bits per heavy atom. The van der Waals surface area contributed by atoms with Crippen molar-refractivity contribution in [3.8, 4) is 0 Å². The van der Waals surface area contributed by atoms with Crippen molar-refractivity contribution in [1.82, 2.24) is 15.4 Å². The van der Waals surface area contributed by atoms with Gasteiger partial charge < -0.3 is 15.4 Å². The highest BCUT2D eigenvalue weighted by Gasteiger charge is 2.04. The predicted molar refractivity (Wildman–Crippen MR) is 93.3 cm³/mol. The maximum Gasteiger partial charge on any atom is 0.208 e. The molecular formula is C11H27IN4O3S. The number of methoxy groups -OCH3 is 1. The van der Waals surface area contributed by atoms with E-state index in [9.17, 15) is 8.42 Å². The molecule has 0 saturated heterocycles. The van der Waals surface area contributed by atoms with Gasteiger partial charge in [0.2, 0.25) is 10.0 Å². The Morgan fingerprint density at radius 3 is 2.55 bits per heavy atom. The van der Waals surface area contributed by atoms with Crippen LogP contribution in [0.5, 0.6) is 0 Å². The third kappa shape index (κ3) is 14.3. The van der Waals surface area contributed by atoms with Crippen molar-refractivity contribution >= 4 is 40.0 Å². The van der Waals surface area contributed by atoms with E-state index in [1.807, 2.05) is 13.8 Å². The molecule has 0 aromatic heterocycles. The molecule has 0 aliphatic carbocycles. The highest BCUT2D eigenvalue weighted by atomic mass is 127. The molecule has 0 aromatic carbocycles. The van der Waals surface area contributed by atoms with Crippen LogP contribution in [0, 0.1) is 0 Å². The van der Waals surface area contributed by atoms with Gasteiger partial charge in [-0.3, -0.25) is 4.99 Å². The van der Waals surface area contributed by atoms with Gasteiger partial charge in [-0.2, -0.15) is 0 Å². The number of nitrogens with zero attached hydrogens (tertiary/aromatic N) is 1. The number of nitrogens with one attached hydrogen (secondary N) is 3. The second-order valence-electron chi connectivity index (χ2n) is 4.28. The highest BCUT2D eigenvalue weighted by Crippen LogP contribution is 1.86. The van der Waals surface area contributed by atoms with E-state index in [1.165, 1.54) is 0 Å². The molecular weight excluding hydrogens is 395 g/mol. The number of hydrogen-bond acceptors (Lipinski definition) is 4. The molecule has 9 heteroatoms. The molecule has 3 N–H and O–H groups in total. The zero-order chi connectivity index (χ0) is 14.7. The fourth-order valence-electron chi connectivity index (χ4n) is 1.37. The molecule has 122 valence electrons. The largest absolute Gasteiger partial charge is 0.383 e. The summed E-state index contributed by atoms with van der Waals surface area (Å²) in [6, 6.07) is 0.164. The van der Waals surface area contributed by atoms with Gasteiger partial charge in [-0.25, -0.2) is 13.1 Å². The Balaban J connectivity index is 0. The quantitative estimate of drug-likeness (QED) is 0.213. The average Bonchev–Trinajstić information content (AvgIpc) is 2.27. The van der Waals surface area contributed by atoms with E-state index in [2.05, 4.69) is 20.3 Å². The topological polar surface area (TPSA) is 91.8 Å². The second kappa shape index (κ2) is 12.6. The number of sulfonamides is 1. The number of aliphatic imine (C=N–C) groups is 1. The minimum Gasteiger partial charge on any atom is -0.383 e. The van der Waals surface area contributed by atoms with Gasteiger partial charge in [-0.1, -0.05) is 0 Å². The lowest BCUT2D eigenvalue weighted by atomic mass is 10.4. The van der Waals surface area contributed by atoms with Gasteiger partial charge in [-0.05, 0) is 20.3 Å². The summed E-state index contributed by atoms with van der Waals surface area (Å²) in [5.74, 6) is 0.714. The molecule has 0 spiro atoms. The fraction of sp³-hybridized carbons (Fsp3) is 0.909. The summed E-state index contributed by atoms with van der Waals surface area (Å²) in [6.45, 7) is 6.31. The van der Waals surface area contributed by atoms with Crippen molar-refractivity contribution in [2.24, 2.45) is 4.99 Å². The maximum absolute atomic E-state index is 10.9. The van der Waals surface area contributed by atoms with Crippen LogP contribution >= 0.6 is 24.0 Å². The van der Waals surface area contributed by atoms with Crippen LogP contribution in [0.15, 0.2) is 4.99 Å². The van der Waals surface area contributed by atoms with E-state index in [0.29, 0.717) is 32.1 Å². The molecule has 20 heavy (non-hydrogen) atoms. The van der Waals surface area contributed by atoms with E-state index in [-0.39, 0.29) is 30.0 Å². The number of hydrogen-bond donors (Lipinski definition) is 3. The molecule has 0 fully saturated rings. The summed E-state index contributed by atoms with van der Waals surface area (Å²) in [5, 5.41) is 6.32. The summed E-state index contributed by atoms with van der Waals surface area (Å²) in [6.07, 6.45) is 1.80. The molecule has 7 nitrogen and oxygen atoms in total. The van der Waals surface area contributed by atoms with Gasteiger partial charge in [-0.15, -0.1) is 24.0 Å². The Kier molecular flexibility index (Phi) is 14.0. The van der Waals surface area contributed by atoms with Gasteiger partial charge in [0.1, 0.15) is 0 Å². The Hall–Kier alpha value is -0.130. The van der Waals surface area contributed by atoms with Crippen LogP contribution in [-0.2, 0) is 14.8 Å². The van der Waals surface area contributed by atoms with Crippen LogP contribution in [-0.4, -0.2) is 60.0 Å². The summed E-state index contributed by atoms with van der Waals surface area (Å²) in [4.78, 5) is 4.36. The van der Waals surface area contributed by atoms with Crippen LogP contribution in [0.4, 0.5) is 0 Å². The minimum absolute atomic E-state index is 0. The third-order valence-electron chi connectivity index (χ3n) is 2.11. The molecule has 0 aliphatic rings. The zero-order valence-electron chi connectivity index (χ0n) is 12.6. The van der Waals surface area contributed by atoms with Crippen molar-refractivity contribution in [3.63, 3.8) is 0 Å². The zero-order valence-corrected chi connectivity index (χ0v) is 15.7. The van der Waals surface area contributed by atoms with Crippen molar-refractivity contribution in [2.45, 2.75) is 26.3 Å². The maximum atomic E-state index is 10.9. The van der Waals surface area contributed by atoms with Crippen LogP contribution in [0.3, 0.4) is 0 Å². The molecule has 1 atom stereocenters. The summed E-state index contributed by atoms with van der Waals surface area (Å²) >= 11 is 0. The first kappa shape index (κ1) is 22.2. The first-order valence-corrected chi connectivity index (χ1v) is 8.26. The smallest absolute Gasteiger partial charge is 0.208 e. The van der Waals surface area contributed by atoms with E-state index in [4.69, 9.17) is 4.74 Å². The minimum atomic E-state index is -3.11. The van der Waals surface area contributed by atoms with E-state index in [1.54, 1.807) is 7.11 Å². The van der Waals surface area contributed by atoms with Gasteiger partial charge in [0, 0.05) is 32.8 Å². The van der Waals surface area contributed by atoms with E-state index < -0.39 is 10.0 Å². The SMILES string of the molecule is CCNC(=NCCCNS(C)(=O)=O)NC(C)COC.I. The molecule has 0 amide bonds. The monoisotopic (exact) mass is 422 g/mol. The Morgan fingerprint density at radius 2 is 2.05 bits per heavy atom. The molecule has 0 radical (unpaired) electrons. The Labute approximate surface area is 139 Å². The molecule has 0 rings (SSSR count). The van der Waals surface area contributed by atoms with Crippen molar-refractivity contribution in [1.29, 1.82) is 0 Å². The molecule has 0 saturated carbocycles. The predicted octanol–water partition coefficient (Wildman–Crippen LogP) is 0.134. The first-order valence-electron chi connectivity index (χ1n) is 6.37. The van der Waals surface area contributed by atoms with E-state index in [0.717, 1.165) is 12.8 Å². The number of rotatable bonds is 9. The van der Waals surface area contributed by atoms with Crippen molar-refractivity contribution < 1.29 is 13.2 Å². The van der Waals surface area contributed by atoms with Crippen LogP contribution in [0.1, 0.15) is 20.3 Å². The first-order chi connectivity index (χ1) is 8.89. The van der Waals surface area contributed by atoms with Gasteiger partial charge >= 0.3 is 0 Å². The molecule has 0 aromatic rings. The van der Waals surface area contributed by atoms with Crippen molar-refractivity contribution in [3.05, 3.63) is 0 Å². The third-order valence-corrected chi connectivity index (χ3v) is 2.84. The summed E-state index contributed by atoms with van der Waals surface area (Å²) in [5.41, 5.74) is 0. The summed E-state index contributed by atoms with van der Waals surface area (Å²) in [7, 11) is -1.46. The Bertz CT molecular complexity index is 363. The van der Waals surface area contributed by atoms with E-state index >= 15 is 0 Å². The van der Waals surface area contributed by atoms with Crippen LogP contribution < -0.4 is 15.4 Å². The van der Waals surface area contributed by atoms with Crippen LogP contribution in [0.25, 0.3) is 0 Å². The van der Waals surface area contributed by atoms with Gasteiger partial charge in [0.15, 0.2) is 5.96 Å². The highest BCUT2D eigenvalue weighted by molar-refractivity contribution is 14.0. The lowest BCUT2D eigenvalue weighted by molar-refractivity contribution is 0.179. The molecule has 0 heterocycles. The normalized spacial score (nSPS) is 13.5. The number of ether oxygens (including phenoxy) is 1. The lowest BCUT2D eigenvalue weighted by Gasteiger charge is -2.16. The number of guanidine groups is 1. The second-order valence-corrected chi connectivity index (χ2v) is 6.11. The average molecular weight is 422 g/mol. The fourth-order valence-corrected chi connectivity index (χ4v) is 1.89. The molecule has 0 bridgehead atoms. The summed E-state index contributed by atoms with van der Waals surface area (Å²) < 4.78 is 29.2. The van der Waals surface area contributed by atoms with Gasteiger partial charge in [0.25, 0.3) is 0 Å². The molecule has 0 aliphatic heterocycles. The lowest BCUT2D eigenvalue weighted by Crippen LogP contribution is -2.44. The van der Waals surface area contributed by atoms with Gasteiger partial charge in [0.05, 0.1) is 12.9 Å². The van der Waals surface area contributed by atoms with Crippen molar-refractivity contribution in [2.75, 3.05) is 39.6 Å². The number of halogens is 1.